The molecule has 0 aromatic heterocycles. The predicted octanol–water partition coefficient (Wildman–Crippen LogP) is 1.71. The first kappa shape index (κ1) is 12.2. The Morgan fingerprint density at radius 1 is 1.53 bits per heavy atom. The molecule has 1 aliphatic rings. The van der Waals surface area contributed by atoms with Crippen LogP contribution in [-0.4, -0.2) is 19.9 Å². The van der Waals surface area contributed by atoms with E-state index in [4.69, 9.17) is 4.74 Å². The third kappa shape index (κ3) is 2.04. The van der Waals surface area contributed by atoms with Crippen molar-refractivity contribution in [1.82, 2.24) is 5.32 Å². The molecule has 0 bridgehead atoms. The van der Waals surface area contributed by atoms with E-state index in [0.29, 0.717) is 5.56 Å². The van der Waals surface area contributed by atoms with E-state index in [1.54, 1.807) is 13.2 Å². The van der Waals surface area contributed by atoms with Gasteiger partial charge in [-0.1, -0.05) is 18.2 Å². The van der Waals surface area contributed by atoms with Crippen molar-refractivity contribution in [2.75, 3.05) is 13.7 Å². The lowest BCUT2D eigenvalue weighted by atomic mass is 9.92. The van der Waals surface area contributed by atoms with Gasteiger partial charge in [0, 0.05) is 25.6 Å². The highest BCUT2D eigenvalue weighted by Crippen LogP contribution is 2.31. The molecule has 82 valence electrons. The van der Waals surface area contributed by atoms with Crippen molar-refractivity contribution in [2.45, 2.75) is 12.1 Å². The van der Waals surface area contributed by atoms with E-state index >= 15 is 0 Å². The number of nitrogens with one attached hydrogen (secondary N) is 1. The molecule has 0 unspecified atom stereocenters. The molecular formula is C11H14ClNO2. The number of halogens is 1. The van der Waals surface area contributed by atoms with Gasteiger partial charge < -0.3 is 4.74 Å². The normalized spacial score (nSPS) is 23.8. The molecule has 1 atom stereocenters. The summed E-state index contributed by atoms with van der Waals surface area (Å²) < 4.78 is 5.43. The van der Waals surface area contributed by atoms with E-state index in [1.807, 2.05) is 18.2 Å². The van der Waals surface area contributed by atoms with Crippen LogP contribution < -0.4 is 5.32 Å². The van der Waals surface area contributed by atoms with Crippen LogP contribution in [-0.2, 0) is 10.5 Å². The van der Waals surface area contributed by atoms with Gasteiger partial charge in [-0.15, -0.1) is 12.4 Å². The van der Waals surface area contributed by atoms with Crippen molar-refractivity contribution in [1.29, 1.82) is 0 Å². The van der Waals surface area contributed by atoms with Crippen molar-refractivity contribution in [3.05, 3.63) is 35.4 Å². The van der Waals surface area contributed by atoms with Crippen LogP contribution in [0.1, 0.15) is 22.3 Å². The van der Waals surface area contributed by atoms with Crippen LogP contribution in [0.25, 0.3) is 0 Å². The van der Waals surface area contributed by atoms with Crippen LogP contribution in [0.4, 0.5) is 0 Å². The van der Waals surface area contributed by atoms with E-state index in [2.05, 4.69) is 5.32 Å². The number of benzene rings is 1. The summed E-state index contributed by atoms with van der Waals surface area (Å²) in [6.07, 6.45) is 1.80. The highest BCUT2D eigenvalue weighted by Gasteiger charge is 2.38. The fourth-order valence-electron chi connectivity index (χ4n) is 1.75. The summed E-state index contributed by atoms with van der Waals surface area (Å²) in [6, 6.07) is 7.50. The standard InChI is InChI=1S/C11H13NO2.ClH/c1-14-11(5-6-12-11)10-4-2-3-9(7-10)8-13;/h2-4,7-8,12H,5-6H2,1H3;1H/t11-;/m0./s1. The molecule has 3 nitrogen and oxygen atoms in total. The van der Waals surface area contributed by atoms with Crippen molar-refractivity contribution < 1.29 is 9.53 Å². The first-order valence-corrected chi connectivity index (χ1v) is 4.67. The van der Waals surface area contributed by atoms with Crippen LogP contribution in [0.15, 0.2) is 24.3 Å². The van der Waals surface area contributed by atoms with E-state index in [1.165, 1.54) is 0 Å². The highest BCUT2D eigenvalue weighted by atomic mass is 35.5. The lowest BCUT2D eigenvalue weighted by Gasteiger charge is -2.42. The Hall–Kier alpha value is -0.900. The van der Waals surface area contributed by atoms with Crippen LogP contribution >= 0.6 is 12.4 Å². The quantitative estimate of drug-likeness (QED) is 0.800. The fourth-order valence-corrected chi connectivity index (χ4v) is 1.75. The summed E-state index contributed by atoms with van der Waals surface area (Å²) in [5.74, 6) is 0. The van der Waals surface area contributed by atoms with Gasteiger partial charge >= 0.3 is 0 Å². The second kappa shape index (κ2) is 4.75. The largest absolute Gasteiger partial charge is 0.360 e. The Balaban J connectivity index is 0.00000112. The lowest BCUT2D eigenvalue weighted by Crippen LogP contribution is -2.55. The minimum Gasteiger partial charge on any atom is -0.360 e. The van der Waals surface area contributed by atoms with Crippen molar-refractivity contribution >= 4 is 18.7 Å². The van der Waals surface area contributed by atoms with Crippen molar-refractivity contribution in [3.8, 4) is 0 Å². The molecule has 1 fully saturated rings. The second-order valence-corrected chi connectivity index (χ2v) is 3.45. The number of carbonyl (C=O) groups excluding carboxylic acids is 1. The maximum Gasteiger partial charge on any atom is 0.150 e. The monoisotopic (exact) mass is 227 g/mol. The van der Waals surface area contributed by atoms with Gasteiger partial charge in [-0.3, -0.25) is 10.1 Å². The molecule has 1 aliphatic heterocycles. The summed E-state index contributed by atoms with van der Waals surface area (Å²) in [5.41, 5.74) is 1.35. The van der Waals surface area contributed by atoms with Gasteiger partial charge in [-0.2, -0.15) is 0 Å². The highest BCUT2D eigenvalue weighted by molar-refractivity contribution is 5.85. The summed E-state index contributed by atoms with van der Waals surface area (Å²) in [4.78, 5) is 10.6. The van der Waals surface area contributed by atoms with Gasteiger partial charge in [0.05, 0.1) is 0 Å². The van der Waals surface area contributed by atoms with E-state index in [9.17, 15) is 4.79 Å². The molecule has 1 aromatic carbocycles. The number of carbonyl (C=O) groups is 1. The van der Waals surface area contributed by atoms with Gasteiger partial charge in [0.1, 0.15) is 12.0 Å². The zero-order valence-corrected chi connectivity index (χ0v) is 9.34. The summed E-state index contributed by atoms with van der Waals surface area (Å²) in [7, 11) is 1.68. The number of ether oxygens (including phenoxy) is 1. The van der Waals surface area contributed by atoms with Crippen LogP contribution in [0.5, 0.6) is 0 Å². The minimum absolute atomic E-state index is 0. The molecule has 1 heterocycles. The zero-order chi connectivity index (χ0) is 10.0. The molecule has 1 N–H and O–H groups in total. The van der Waals surface area contributed by atoms with Crippen LogP contribution in [0, 0.1) is 0 Å². The van der Waals surface area contributed by atoms with Gasteiger partial charge in [-0.25, -0.2) is 0 Å². The minimum atomic E-state index is -0.362. The molecular weight excluding hydrogens is 214 g/mol. The summed E-state index contributed by atoms with van der Waals surface area (Å²) in [6.45, 7) is 0.957. The molecule has 2 rings (SSSR count). The smallest absolute Gasteiger partial charge is 0.150 e. The Morgan fingerprint density at radius 2 is 2.27 bits per heavy atom. The molecule has 0 aliphatic carbocycles. The molecule has 1 saturated heterocycles. The van der Waals surface area contributed by atoms with Gasteiger partial charge in [-0.05, 0) is 11.6 Å². The Kier molecular flexibility index (Phi) is 3.85. The molecule has 0 radical (unpaired) electrons. The maximum atomic E-state index is 10.6. The number of hydrogen-bond donors (Lipinski definition) is 1. The van der Waals surface area contributed by atoms with Gasteiger partial charge in [0.2, 0.25) is 0 Å². The van der Waals surface area contributed by atoms with E-state index < -0.39 is 0 Å². The first-order chi connectivity index (χ1) is 6.80. The number of hydrogen-bond acceptors (Lipinski definition) is 3. The zero-order valence-electron chi connectivity index (χ0n) is 8.53. The average molecular weight is 228 g/mol. The molecule has 15 heavy (non-hydrogen) atoms. The fraction of sp³-hybridized carbons (Fsp3) is 0.364. The van der Waals surface area contributed by atoms with Gasteiger partial charge in [0.15, 0.2) is 0 Å². The Morgan fingerprint density at radius 3 is 2.73 bits per heavy atom. The molecule has 0 spiro atoms. The third-order valence-electron chi connectivity index (χ3n) is 2.73. The second-order valence-electron chi connectivity index (χ2n) is 3.45. The van der Waals surface area contributed by atoms with Crippen molar-refractivity contribution in [2.24, 2.45) is 0 Å². The lowest BCUT2D eigenvalue weighted by molar-refractivity contribution is -0.0971. The average Bonchev–Trinajstić information content (AvgIpc) is 2.18. The topological polar surface area (TPSA) is 38.3 Å². The third-order valence-corrected chi connectivity index (χ3v) is 2.73. The SMILES string of the molecule is CO[C@]1(c2cccc(C=O)c2)CCN1.Cl. The van der Waals surface area contributed by atoms with Crippen molar-refractivity contribution in [3.63, 3.8) is 0 Å². The van der Waals surface area contributed by atoms with E-state index in [-0.39, 0.29) is 18.1 Å². The predicted molar refractivity (Wildman–Crippen MR) is 60.4 cm³/mol. The first-order valence-electron chi connectivity index (χ1n) is 4.67. The number of rotatable bonds is 3. The Labute approximate surface area is 95.2 Å². The maximum absolute atomic E-state index is 10.6. The Bertz CT molecular complexity index is 345. The molecule has 0 amide bonds. The molecule has 0 saturated carbocycles. The summed E-state index contributed by atoms with van der Waals surface area (Å²) in [5, 5.41) is 3.24. The number of methoxy groups -OCH3 is 1. The van der Waals surface area contributed by atoms with E-state index in [0.717, 1.165) is 24.8 Å². The molecule has 1 aromatic rings. The van der Waals surface area contributed by atoms with Crippen LogP contribution in [0.2, 0.25) is 0 Å². The number of aldehydes is 1. The van der Waals surface area contributed by atoms with Gasteiger partial charge in [0.25, 0.3) is 0 Å². The van der Waals surface area contributed by atoms with Crippen LogP contribution in [0.3, 0.4) is 0 Å². The summed E-state index contributed by atoms with van der Waals surface area (Å²) >= 11 is 0. The molecule has 4 heteroatoms.